The van der Waals surface area contributed by atoms with Gasteiger partial charge in [0.2, 0.25) is 0 Å². The minimum atomic E-state index is -0.341. The average Bonchev–Trinajstić information content (AvgIpc) is 2.64. The standard InChI is InChI=1S/C20H22BrNO3/c1-25-20(24)22-10-9-15-6-2-3-8-18(15)19(22)16(13-23)11-14-5-4-7-17(21)12-14/h2-8,12,16,19,23H,9-11,13H2,1H3/t16-,19+/m0/s1. The number of hydrogen-bond donors (Lipinski definition) is 1. The largest absolute Gasteiger partial charge is 0.453 e. The number of benzene rings is 2. The average molecular weight is 404 g/mol. The topological polar surface area (TPSA) is 49.8 Å². The molecule has 0 fully saturated rings. The van der Waals surface area contributed by atoms with Gasteiger partial charge in [-0.15, -0.1) is 0 Å². The molecule has 5 heteroatoms. The van der Waals surface area contributed by atoms with Crippen LogP contribution in [0.1, 0.15) is 22.7 Å². The quantitative estimate of drug-likeness (QED) is 0.839. The highest BCUT2D eigenvalue weighted by Gasteiger charge is 2.36. The zero-order chi connectivity index (χ0) is 17.8. The summed E-state index contributed by atoms with van der Waals surface area (Å²) < 4.78 is 6.01. The van der Waals surface area contributed by atoms with Gasteiger partial charge in [0.15, 0.2) is 0 Å². The molecule has 2 aromatic carbocycles. The molecule has 0 saturated heterocycles. The van der Waals surface area contributed by atoms with Crippen LogP contribution in [0.15, 0.2) is 53.0 Å². The Morgan fingerprint density at radius 1 is 1.32 bits per heavy atom. The summed E-state index contributed by atoms with van der Waals surface area (Å²) in [6, 6.07) is 16.0. The van der Waals surface area contributed by atoms with Gasteiger partial charge in [0, 0.05) is 23.5 Å². The molecule has 25 heavy (non-hydrogen) atoms. The Bertz CT molecular complexity index is 749. The molecule has 0 aromatic heterocycles. The van der Waals surface area contributed by atoms with E-state index >= 15 is 0 Å². The summed E-state index contributed by atoms with van der Waals surface area (Å²) in [6.45, 7) is 0.600. The minimum Gasteiger partial charge on any atom is -0.453 e. The van der Waals surface area contributed by atoms with Crippen molar-refractivity contribution in [3.05, 3.63) is 69.7 Å². The molecule has 2 atom stereocenters. The molecule has 0 unspecified atom stereocenters. The number of hydrogen-bond acceptors (Lipinski definition) is 3. The lowest BCUT2D eigenvalue weighted by molar-refractivity contribution is 0.0658. The Morgan fingerprint density at radius 3 is 2.84 bits per heavy atom. The van der Waals surface area contributed by atoms with Crippen molar-refractivity contribution < 1.29 is 14.6 Å². The number of ether oxygens (including phenoxy) is 1. The first-order valence-corrected chi connectivity index (χ1v) is 9.21. The van der Waals surface area contributed by atoms with Crippen molar-refractivity contribution >= 4 is 22.0 Å². The van der Waals surface area contributed by atoms with Crippen LogP contribution in [0.5, 0.6) is 0 Å². The van der Waals surface area contributed by atoms with E-state index in [2.05, 4.69) is 34.1 Å². The molecule has 132 valence electrons. The fourth-order valence-electron chi connectivity index (χ4n) is 3.67. The van der Waals surface area contributed by atoms with Crippen LogP contribution in [0.25, 0.3) is 0 Å². The third-order valence-electron chi connectivity index (χ3n) is 4.81. The number of halogens is 1. The Hall–Kier alpha value is -1.85. The highest BCUT2D eigenvalue weighted by atomic mass is 79.9. The zero-order valence-electron chi connectivity index (χ0n) is 14.2. The van der Waals surface area contributed by atoms with Crippen molar-refractivity contribution in [1.82, 2.24) is 4.90 Å². The molecule has 2 aromatic rings. The minimum absolute atomic E-state index is 0.000984. The van der Waals surface area contributed by atoms with Gasteiger partial charge < -0.3 is 14.7 Å². The second kappa shape index (κ2) is 8.02. The van der Waals surface area contributed by atoms with Crippen molar-refractivity contribution in [1.29, 1.82) is 0 Å². The fraction of sp³-hybridized carbons (Fsp3) is 0.350. The van der Waals surface area contributed by atoms with E-state index in [1.54, 1.807) is 4.90 Å². The predicted octanol–water partition coefficient (Wildman–Crippen LogP) is 3.97. The molecule has 1 aliphatic rings. The SMILES string of the molecule is COC(=O)N1CCc2ccccc2[C@H]1[C@H](CO)Cc1cccc(Br)c1. The van der Waals surface area contributed by atoms with Crippen molar-refractivity contribution in [2.45, 2.75) is 18.9 Å². The van der Waals surface area contributed by atoms with Gasteiger partial charge in [-0.05, 0) is 41.7 Å². The van der Waals surface area contributed by atoms with E-state index in [0.717, 1.165) is 22.0 Å². The molecular weight excluding hydrogens is 382 g/mol. The number of carbonyl (C=O) groups is 1. The lowest BCUT2D eigenvalue weighted by Crippen LogP contribution is -2.44. The zero-order valence-corrected chi connectivity index (χ0v) is 15.8. The summed E-state index contributed by atoms with van der Waals surface area (Å²) >= 11 is 3.50. The van der Waals surface area contributed by atoms with E-state index in [1.807, 2.05) is 30.3 Å². The summed E-state index contributed by atoms with van der Waals surface area (Å²) in [5.74, 6) is -0.102. The molecule has 0 aliphatic carbocycles. The number of aliphatic hydroxyl groups is 1. The van der Waals surface area contributed by atoms with Gasteiger partial charge >= 0.3 is 6.09 Å². The van der Waals surface area contributed by atoms with Gasteiger partial charge in [-0.3, -0.25) is 0 Å². The number of amides is 1. The van der Waals surface area contributed by atoms with Crippen LogP contribution in [0.2, 0.25) is 0 Å². The Morgan fingerprint density at radius 2 is 2.12 bits per heavy atom. The predicted molar refractivity (Wildman–Crippen MR) is 100 cm³/mol. The van der Waals surface area contributed by atoms with Gasteiger partial charge in [-0.25, -0.2) is 4.79 Å². The summed E-state index contributed by atoms with van der Waals surface area (Å²) in [5, 5.41) is 10.1. The molecular formula is C20H22BrNO3. The molecule has 0 saturated carbocycles. The van der Waals surface area contributed by atoms with Crippen LogP contribution >= 0.6 is 15.9 Å². The summed E-state index contributed by atoms with van der Waals surface area (Å²) in [7, 11) is 1.40. The van der Waals surface area contributed by atoms with E-state index in [4.69, 9.17) is 4.74 Å². The molecule has 0 spiro atoms. The maximum absolute atomic E-state index is 12.3. The van der Waals surface area contributed by atoms with Crippen LogP contribution in [0, 0.1) is 5.92 Å². The van der Waals surface area contributed by atoms with Gasteiger partial charge in [0.25, 0.3) is 0 Å². The molecule has 0 bridgehead atoms. The van der Waals surface area contributed by atoms with Gasteiger partial charge in [-0.2, -0.15) is 0 Å². The second-order valence-corrected chi connectivity index (χ2v) is 7.25. The lowest BCUT2D eigenvalue weighted by atomic mass is 9.82. The first kappa shape index (κ1) is 18.0. The van der Waals surface area contributed by atoms with Crippen molar-refractivity contribution in [2.75, 3.05) is 20.3 Å². The van der Waals surface area contributed by atoms with E-state index in [1.165, 1.54) is 12.7 Å². The Kier molecular flexibility index (Phi) is 5.76. The fourth-order valence-corrected chi connectivity index (χ4v) is 4.12. The molecule has 3 rings (SSSR count). The maximum Gasteiger partial charge on any atom is 0.410 e. The Labute approximate surface area is 156 Å². The number of carbonyl (C=O) groups excluding carboxylic acids is 1. The van der Waals surface area contributed by atoms with E-state index in [-0.39, 0.29) is 24.7 Å². The first-order chi connectivity index (χ1) is 12.1. The van der Waals surface area contributed by atoms with Crippen LogP contribution < -0.4 is 0 Å². The van der Waals surface area contributed by atoms with Gasteiger partial charge in [0.1, 0.15) is 0 Å². The van der Waals surface area contributed by atoms with Crippen molar-refractivity contribution in [3.8, 4) is 0 Å². The lowest BCUT2D eigenvalue weighted by Gasteiger charge is -2.40. The van der Waals surface area contributed by atoms with E-state index < -0.39 is 0 Å². The van der Waals surface area contributed by atoms with Crippen LogP contribution in [-0.2, 0) is 17.6 Å². The van der Waals surface area contributed by atoms with Gasteiger partial charge in [-0.1, -0.05) is 52.3 Å². The van der Waals surface area contributed by atoms with E-state index in [0.29, 0.717) is 13.0 Å². The molecule has 1 heterocycles. The molecule has 4 nitrogen and oxygen atoms in total. The van der Waals surface area contributed by atoms with Crippen LogP contribution in [0.3, 0.4) is 0 Å². The number of methoxy groups -OCH3 is 1. The molecule has 1 N–H and O–H groups in total. The number of rotatable bonds is 4. The normalized spacial score (nSPS) is 17.7. The van der Waals surface area contributed by atoms with Crippen LogP contribution in [0.4, 0.5) is 4.79 Å². The number of fused-ring (bicyclic) bond motifs is 1. The van der Waals surface area contributed by atoms with Gasteiger partial charge in [0.05, 0.1) is 13.2 Å². The Balaban J connectivity index is 1.97. The molecule has 1 amide bonds. The van der Waals surface area contributed by atoms with E-state index in [9.17, 15) is 9.90 Å². The third-order valence-corrected chi connectivity index (χ3v) is 5.30. The summed E-state index contributed by atoms with van der Waals surface area (Å²) in [4.78, 5) is 14.1. The van der Waals surface area contributed by atoms with Crippen molar-refractivity contribution in [2.24, 2.45) is 5.92 Å². The van der Waals surface area contributed by atoms with Crippen molar-refractivity contribution in [3.63, 3.8) is 0 Å². The molecule has 1 aliphatic heterocycles. The van der Waals surface area contributed by atoms with Crippen LogP contribution in [-0.4, -0.2) is 36.4 Å². The number of nitrogens with zero attached hydrogens (tertiary/aromatic N) is 1. The number of aliphatic hydroxyl groups excluding tert-OH is 1. The highest BCUT2D eigenvalue weighted by molar-refractivity contribution is 9.10. The maximum atomic E-state index is 12.3. The summed E-state index contributed by atoms with van der Waals surface area (Å²) in [5.41, 5.74) is 3.47. The molecule has 0 radical (unpaired) electrons. The third kappa shape index (κ3) is 3.88. The first-order valence-electron chi connectivity index (χ1n) is 8.41. The summed E-state index contributed by atoms with van der Waals surface area (Å²) in [6.07, 6.45) is 1.14. The second-order valence-electron chi connectivity index (χ2n) is 6.33. The monoisotopic (exact) mass is 403 g/mol. The highest BCUT2D eigenvalue weighted by Crippen LogP contribution is 2.37. The smallest absolute Gasteiger partial charge is 0.410 e.